The number of nitrogens with zero attached hydrogens (tertiary/aromatic N) is 3. The summed E-state index contributed by atoms with van der Waals surface area (Å²) in [5, 5.41) is 9.60. The molecule has 0 aliphatic carbocycles. The Kier molecular flexibility index (Phi) is 4.68. The van der Waals surface area contributed by atoms with Gasteiger partial charge in [0.15, 0.2) is 0 Å². The summed E-state index contributed by atoms with van der Waals surface area (Å²) >= 11 is 1.40. The van der Waals surface area contributed by atoms with Gasteiger partial charge in [-0.1, -0.05) is 18.3 Å². The molecule has 0 saturated heterocycles. The molecule has 2 aromatic rings. The van der Waals surface area contributed by atoms with Crippen molar-refractivity contribution in [2.45, 2.75) is 20.3 Å². The van der Waals surface area contributed by atoms with Gasteiger partial charge in [0, 0.05) is 19.0 Å². The Balaban J connectivity index is 2.17. The van der Waals surface area contributed by atoms with Crippen LogP contribution in [0.1, 0.15) is 20.3 Å². The number of rotatable bonds is 5. The van der Waals surface area contributed by atoms with Gasteiger partial charge in [0.25, 0.3) is 0 Å². The van der Waals surface area contributed by atoms with E-state index in [1.807, 2.05) is 38.1 Å². The van der Waals surface area contributed by atoms with E-state index in [9.17, 15) is 4.79 Å². The maximum absolute atomic E-state index is 11.6. The molecule has 106 valence electrons. The SMILES string of the molecule is CCOc1ccc(-c2nnc(N(C)C(=O)CC)s2)cc1. The van der Waals surface area contributed by atoms with E-state index in [-0.39, 0.29) is 5.91 Å². The minimum Gasteiger partial charge on any atom is -0.494 e. The summed E-state index contributed by atoms with van der Waals surface area (Å²) in [6.07, 6.45) is 0.453. The second kappa shape index (κ2) is 6.47. The molecule has 6 heteroatoms. The minimum atomic E-state index is 0.0272. The quantitative estimate of drug-likeness (QED) is 0.850. The van der Waals surface area contributed by atoms with Crippen LogP contribution in [0.4, 0.5) is 5.13 Å². The Bertz CT molecular complexity index is 580. The molecule has 0 saturated carbocycles. The van der Waals surface area contributed by atoms with E-state index in [4.69, 9.17) is 4.74 Å². The molecule has 0 spiro atoms. The van der Waals surface area contributed by atoms with Crippen molar-refractivity contribution in [1.82, 2.24) is 10.2 Å². The third kappa shape index (κ3) is 3.14. The van der Waals surface area contributed by atoms with Crippen LogP contribution in [-0.2, 0) is 4.79 Å². The molecule has 2 rings (SSSR count). The van der Waals surface area contributed by atoms with Crippen LogP contribution in [0.2, 0.25) is 0 Å². The van der Waals surface area contributed by atoms with Gasteiger partial charge in [0.1, 0.15) is 10.8 Å². The van der Waals surface area contributed by atoms with Crippen LogP contribution in [0.3, 0.4) is 0 Å². The fraction of sp³-hybridized carbons (Fsp3) is 0.357. The number of carbonyl (C=O) groups excluding carboxylic acids is 1. The number of anilines is 1. The molecule has 20 heavy (non-hydrogen) atoms. The monoisotopic (exact) mass is 291 g/mol. The summed E-state index contributed by atoms with van der Waals surface area (Å²) in [4.78, 5) is 13.2. The average molecular weight is 291 g/mol. The van der Waals surface area contributed by atoms with Gasteiger partial charge < -0.3 is 4.74 Å². The Labute approximate surface area is 122 Å². The van der Waals surface area contributed by atoms with Gasteiger partial charge >= 0.3 is 0 Å². The van der Waals surface area contributed by atoms with E-state index >= 15 is 0 Å². The molecule has 1 amide bonds. The Morgan fingerprint density at radius 3 is 2.55 bits per heavy atom. The van der Waals surface area contributed by atoms with Crippen molar-refractivity contribution in [3.8, 4) is 16.3 Å². The summed E-state index contributed by atoms with van der Waals surface area (Å²) in [5.41, 5.74) is 0.967. The molecule has 0 bridgehead atoms. The summed E-state index contributed by atoms with van der Waals surface area (Å²) in [6, 6.07) is 7.69. The van der Waals surface area contributed by atoms with Crippen LogP contribution in [0.5, 0.6) is 5.75 Å². The molecule has 0 N–H and O–H groups in total. The molecule has 0 aliphatic rings. The summed E-state index contributed by atoms with van der Waals surface area (Å²) in [5.74, 6) is 0.860. The van der Waals surface area contributed by atoms with Crippen molar-refractivity contribution in [2.75, 3.05) is 18.6 Å². The van der Waals surface area contributed by atoms with Gasteiger partial charge in [0.2, 0.25) is 11.0 Å². The highest BCUT2D eigenvalue weighted by atomic mass is 32.1. The normalized spacial score (nSPS) is 10.3. The standard InChI is InChI=1S/C14H17N3O2S/c1-4-12(18)17(3)14-16-15-13(20-14)10-6-8-11(9-7-10)19-5-2/h6-9H,4-5H2,1-3H3. The smallest absolute Gasteiger partial charge is 0.228 e. The van der Waals surface area contributed by atoms with Crippen molar-refractivity contribution in [3.05, 3.63) is 24.3 Å². The molecule has 0 atom stereocenters. The molecule has 0 aliphatic heterocycles. The minimum absolute atomic E-state index is 0.0272. The van der Waals surface area contributed by atoms with Gasteiger partial charge in [-0.3, -0.25) is 9.69 Å². The number of carbonyl (C=O) groups is 1. The van der Waals surface area contributed by atoms with Gasteiger partial charge in [0.05, 0.1) is 6.61 Å². The highest BCUT2D eigenvalue weighted by Gasteiger charge is 2.14. The largest absolute Gasteiger partial charge is 0.494 e. The zero-order valence-electron chi connectivity index (χ0n) is 11.8. The Morgan fingerprint density at radius 2 is 1.95 bits per heavy atom. The van der Waals surface area contributed by atoms with Crippen molar-refractivity contribution in [1.29, 1.82) is 0 Å². The molecule has 0 radical (unpaired) electrons. The lowest BCUT2D eigenvalue weighted by Gasteiger charge is -2.10. The van der Waals surface area contributed by atoms with E-state index < -0.39 is 0 Å². The third-order valence-corrected chi connectivity index (χ3v) is 3.84. The summed E-state index contributed by atoms with van der Waals surface area (Å²) < 4.78 is 5.40. The maximum Gasteiger partial charge on any atom is 0.228 e. The first-order valence-electron chi connectivity index (χ1n) is 6.49. The topological polar surface area (TPSA) is 55.3 Å². The molecule has 1 aromatic heterocycles. The van der Waals surface area contributed by atoms with Gasteiger partial charge in [-0.05, 0) is 31.2 Å². The second-order valence-electron chi connectivity index (χ2n) is 4.15. The van der Waals surface area contributed by atoms with E-state index in [2.05, 4.69) is 10.2 Å². The van der Waals surface area contributed by atoms with Crippen LogP contribution in [0.25, 0.3) is 10.6 Å². The number of aromatic nitrogens is 2. The predicted octanol–water partition coefficient (Wildman–Crippen LogP) is 2.98. The number of amides is 1. The van der Waals surface area contributed by atoms with E-state index in [0.717, 1.165) is 16.3 Å². The number of hydrogen-bond acceptors (Lipinski definition) is 5. The fourth-order valence-electron chi connectivity index (χ4n) is 1.67. The summed E-state index contributed by atoms with van der Waals surface area (Å²) in [7, 11) is 1.72. The van der Waals surface area contributed by atoms with Crippen LogP contribution < -0.4 is 9.64 Å². The number of hydrogen-bond donors (Lipinski definition) is 0. The lowest BCUT2D eigenvalue weighted by Crippen LogP contribution is -2.24. The van der Waals surface area contributed by atoms with Crippen molar-refractivity contribution in [2.24, 2.45) is 0 Å². The van der Waals surface area contributed by atoms with Crippen LogP contribution in [-0.4, -0.2) is 29.8 Å². The maximum atomic E-state index is 11.6. The molecule has 1 heterocycles. The third-order valence-electron chi connectivity index (χ3n) is 2.79. The molecule has 5 nitrogen and oxygen atoms in total. The lowest BCUT2D eigenvalue weighted by atomic mass is 10.2. The van der Waals surface area contributed by atoms with Crippen molar-refractivity contribution >= 4 is 22.4 Å². The first kappa shape index (κ1) is 14.5. The molecule has 1 aromatic carbocycles. The van der Waals surface area contributed by atoms with Gasteiger partial charge in [-0.2, -0.15) is 0 Å². The number of ether oxygens (including phenoxy) is 1. The van der Waals surface area contributed by atoms with E-state index in [1.165, 1.54) is 16.2 Å². The first-order valence-corrected chi connectivity index (χ1v) is 7.30. The van der Waals surface area contributed by atoms with E-state index in [1.54, 1.807) is 7.05 Å². The fourth-order valence-corrected chi connectivity index (χ4v) is 2.50. The van der Waals surface area contributed by atoms with Gasteiger partial charge in [-0.25, -0.2) is 0 Å². The molecular formula is C14H17N3O2S. The van der Waals surface area contributed by atoms with Crippen molar-refractivity contribution in [3.63, 3.8) is 0 Å². The zero-order valence-corrected chi connectivity index (χ0v) is 12.6. The number of benzene rings is 1. The molecule has 0 fully saturated rings. The zero-order chi connectivity index (χ0) is 14.5. The van der Waals surface area contributed by atoms with E-state index in [0.29, 0.717) is 18.2 Å². The van der Waals surface area contributed by atoms with Crippen LogP contribution >= 0.6 is 11.3 Å². The van der Waals surface area contributed by atoms with Crippen LogP contribution in [0.15, 0.2) is 24.3 Å². The Hall–Kier alpha value is -1.95. The van der Waals surface area contributed by atoms with Gasteiger partial charge in [-0.15, -0.1) is 10.2 Å². The summed E-state index contributed by atoms with van der Waals surface area (Å²) in [6.45, 7) is 4.42. The second-order valence-corrected chi connectivity index (χ2v) is 5.11. The molecular weight excluding hydrogens is 274 g/mol. The van der Waals surface area contributed by atoms with Crippen LogP contribution in [0, 0.1) is 0 Å². The first-order chi connectivity index (χ1) is 9.65. The highest BCUT2D eigenvalue weighted by Crippen LogP contribution is 2.29. The van der Waals surface area contributed by atoms with Crippen molar-refractivity contribution < 1.29 is 9.53 Å². The molecule has 0 unspecified atom stereocenters. The average Bonchev–Trinajstić information content (AvgIpc) is 2.96. The lowest BCUT2D eigenvalue weighted by molar-refractivity contribution is -0.118. The Morgan fingerprint density at radius 1 is 1.25 bits per heavy atom. The predicted molar refractivity (Wildman–Crippen MR) is 80.2 cm³/mol. The highest BCUT2D eigenvalue weighted by molar-refractivity contribution is 7.18.